The van der Waals surface area contributed by atoms with Crippen molar-refractivity contribution in [3.05, 3.63) is 54.2 Å². The first-order chi connectivity index (χ1) is 13.2. The van der Waals surface area contributed by atoms with E-state index in [-0.39, 0.29) is 10.6 Å². The molecule has 0 spiro atoms. The number of hydrogen-bond donors (Lipinski definition) is 2. The topological polar surface area (TPSA) is 118 Å². The van der Waals surface area contributed by atoms with E-state index in [2.05, 4.69) is 5.43 Å². The van der Waals surface area contributed by atoms with E-state index in [0.717, 1.165) is 54.7 Å². The van der Waals surface area contributed by atoms with Gasteiger partial charge < -0.3 is 0 Å². The Morgan fingerprint density at radius 2 is 1.93 bits per heavy atom. The van der Waals surface area contributed by atoms with Crippen LogP contribution in [0.2, 0.25) is 5.02 Å². The monoisotopic (exact) mass is 443 g/mol. The highest BCUT2D eigenvalue weighted by Crippen LogP contribution is 2.30. The second-order valence-corrected chi connectivity index (χ2v) is 9.71. The maximum Gasteiger partial charge on any atom is 0.276 e. The van der Waals surface area contributed by atoms with E-state index in [9.17, 15) is 23.3 Å². The number of halogens is 1. The van der Waals surface area contributed by atoms with E-state index in [1.165, 1.54) is 18.3 Å². The predicted molar refractivity (Wildman–Crippen MR) is 106 cm³/mol. The third-order valence-corrected chi connectivity index (χ3v) is 7.42. The van der Waals surface area contributed by atoms with E-state index >= 15 is 0 Å². The molecular formula is C17H18ClN3O5S2. The van der Waals surface area contributed by atoms with Gasteiger partial charge >= 0.3 is 0 Å². The third kappa shape index (κ3) is 4.35. The highest BCUT2D eigenvalue weighted by atomic mass is 35.5. The van der Waals surface area contributed by atoms with Crippen molar-refractivity contribution in [1.82, 2.24) is 10.3 Å². The molecule has 0 bridgehead atoms. The van der Waals surface area contributed by atoms with Crippen molar-refractivity contribution in [1.29, 1.82) is 0 Å². The van der Waals surface area contributed by atoms with E-state index in [4.69, 9.17) is 11.6 Å². The highest BCUT2D eigenvalue weighted by molar-refractivity contribution is 7.89. The van der Waals surface area contributed by atoms with Crippen LogP contribution < -0.4 is 10.3 Å². The fraction of sp³-hybridized carbons (Fsp3) is 0.353. The van der Waals surface area contributed by atoms with Gasteiger partial charge in [0.05, 0.1) is 19.7 Å². The van der Waals surface area contributed by atoms with Crippen LogP contribution in [0.15, 0.2) is 23.1 Å². The number of aryl methyl sites for hydroxylation is 2. The minimum absolute atomic E-state index is 0.0529. The number of rotatable bonds is 5. The minimum atomic E-state index is -4.23. The number of hydrazine groups is 1. The van der Waals surface area contributed by atoms with Gasteiger partial charge in [-0.2, -0.15) is 0 Å². The fourth-order valence-corrected chi connectivity index (χ4v) is 5.31. The van der Waals surface area contributed by atoms with Crippen LogP contribution in [0.3, 0.4) is 0 Å². The molecule has 0 unspecified atom stereocenters. The number of amides is 1. The molecule has 1 aliphatic carbocycles. The first-order valence-electron chi connectivity index (χ1n) is 8.57. The quantitative estimate of drug-likeness (QED) is 0.416. The lowest BCUT2D eigenvalue weighted by molar-refractivity contribution is -0.385. The Bertz CT molecular complexity index is 1030. The molecule has 150 valence electrons. The number of hydrogen-bond acceptors (Lipinski definition) is 6. The van der Waals surface area contributed by atoms with Gasteiger partial charge in [0.25, 0.3) is 21.6 Å². The Balaban J connectivity index is 1.77. The van der Waals surface area contributed by atoms with Crippen LogP contribution in [0.4, 0.5) is 5.69 Å². The molecular weight excluding hydrogens is 426 g/mol. The van der Waals surface area contributed by atoms with Gasteiger partial charge in [-0.3, -0.25) is 20.3 Å². The van der Waals surface area contributed by atoms with Gasteiger partial charge in [-0.05, 0) is 50.3 Å². The second kappa shape index (κ2) is 8.16. The average molecular weight is 444 g/mol. The standard InChI is InChI=1S/C17H18ClN3O5S2/c1-10-13(18)8-12(9-14(10)21(23)24)28(25,26)20-19-17(22)16-7-11-5-3-2-4-6-15(11)27-16/h7-9,20H,2-6H2,1H3,(H,19,22). The number of nitro groups is 1. The Labute approximate surface area is 171 Å². The predicted octanol–water partition coefficient (Wildman–Crippen LogP) is 3.51. The van der Waals surface area contributed by atoms with Crippen molar-refractivity contribution in [2.45, 2.75) is 43.9 Å². The highest BCUT2D eigenvalue weighted by Gasteiger charge is 2.24. The molecule has 3 rings (SSSR count). The maximum absolute atomic E-state index is 12.4. The van der Waals surface area contributed by atoms with Crippen molar-refractivity contribution in [2.24, 2.45) is 0 Å². The smallest absolute Gasteiger partial charge is 0.273 e. The SMILES string of the molecule is Cc1c(Cl)cc(S(=O)(=O)NNC(=O)c2cc3c(s2)CCCCC3)cc1[N+](=O)[O-]. The molecule has 0 saturated carbocycles. The van der Waals surface area contributed by atoms with E-state index in [1.54, 1.807) is 6.07 Å². The summed E-state index contributed by atoms with van der Waals surface area (Å²) in [6.45, 7) is 1.42. The van der Waals surface area contributed by atoms with Gasteiger partial charge in [0.2, 0.25) is 0 Å². The molecule has 1 heterocycles. The normalized spacial score (nSPS) is 14.2. The van der Waals surface area contributed by atoms with Crippen molar-refractivity contribution in [2.75, 3.05) is 0 Å². The summed E-state index contributed by atoms with van der Waals surface area (Å²) in [6.07, 6.45) is 5.15. The lowest BCUT2D eigenvalue weighted by atomic mass is 10.1. The number of thiophene rings is 1. The zero-order chi connectivity index (χ0) is 20.5. The van der Waals surface area contributed by atoms with Crippen molar-refractivity contribution in [3.63, 3.8) is 0 Å². The summed E-state index contributed by atoms with van der Waals surface area (Å²) in [4.78, 5) is 25.9. The third-order valence-electron chi connectivity index (χ3n) is 4.57. The minimum Gasteiger partial charge on any atom is -0.273 e. The summed E-state index contributed by atoms with van der Waals surface area (Å²) in [5.74, 6) is -0.575. The molecule has 0 atom stereocenters. The summed E-state index contributed by atoms with van der Waals surface area (Å²) in [7, 11) is -4.23. The molecule has 0 saturated heterocycles. The van der Waals surface area contributed by atoms with Crippen LogP contribution in [0, 0.1) is 17.0 Å². The molecule has 1 aliphatic rings. The van der Waals surface area contributed by atoms with Gasteiger partial charge in [-0.25, -0.2) is 8.42 Å². The Morgan fingerprint density at radius 3 is 2.64 bits per heavy atom. The molecule has 0 aliphatic heterocycles. The van der Waals surface area contributed by atoms with E-state index < -0.39 is 31.4 Å². The summed E-state index contributed by atoms with van der Waals surface area (Å²) in [6, 6.07) is 3.80. The van der Waals surface area contributed by atoms with E-state index in [1.807, 2.05) is 4.83 Å². The lowest BCUT2D eigenvalue weighted by Gasteiger charge is -2.09. The van der Waals surface area contributed by atoms with Crippen molar-refractivity contribution < 1.29 is 18.1 Å². The van der Waals surface area contributed by atoms with Crippen LogP contribution in [0.25, 0.3) is 0 Å². The van der Waals surface area contributed by atoms with Crippen LogP contribution in [-0.4, -0.2) is 19.2 Å². The molecule has 2 aromatic rings. The van der Waals surface area contributed by atoms with Crippen LogP contribution in [0.1, 0.15) is 44.9 Å². The second-order valence-electron chi connectivity index (χ2n) is 6.49. The van der Waals surface area contributed by atoms with Crippen molar-refractivity contribution >= 4 is 44.6 Å². The number of carbonyl (C=O) groups is 1. The fourth-order valence-electron chi connectivity index (χ4n) is 3.00. The molecule has 11 heteroatoms. The number of fused-ring (bicyclic) bond motifs is 1. The summed E-state index contributed by atoms with van der Waals surface area (Å²) >= 11 is 7.27. The largest absolute Gasteiger partial charge is 0.276 e. The summed E-state index contributed by atoms with van der Waals surface area (Å²) < 4.78 is 24.9. The van der Waals surface area contributed by atoms with Crippen LogP contribution >= 0.6 is 22.9 Å². The van der Waals surface area contributed by atoms with Gasteiger partial charge in [-0.15, -0.1) is 16.2 Å². The Morgan fingerprint density at radius 1 is 1.21 bits per heavy atom. The summed E-state index contributed by atoms with van der Waals surface area (Å²) in [5, 5.41) is 11.0. The van der Waals surface area contributed by atoms with Gasteiger partial charge in [0.1, 0.15) is 0 Å². The molecule has 0 fully saturated rings. The maximum atomic E-state index is 12.4. The number of nitrogens with one attached hydrogen (secondary N) is 2. The number of carbonyl (C=O) groups excluding carboxylic acids is 1. The first kappa shape index (κ1) is 20.7. The summed E-state index contributed by atoms with van der Waals surface area (Å²) in [5.41, 5.74) is 3.05. The Hall–Kier alpha value is -2.01. The van der Waals surface area contributed by atoms with Gasteiger partial charge in [0, 0.05) is 16.5 Å². The Kier molecular flexibility index (Phi) is 6.04. The molecule has 1 aromatic heterocycles. The number of nitrogens with zero attached hydrogens (tertiary/aromatic N) is 1. The first-order valence-corrected chi connectivity index (χ1v) is 11.2. The molecule has 0 radical (unpaired) electrons. The average Bonchev–Trinajstić information content (AvgIpc) is 2.92. The van der Waals surface area contributed by atoms with Gasteiger partial charge in [-0.1, -0.05) is 18.0 Å². The molecule has 1 amide bonds. The van der Waals surface area contributed by atoms with E-state index in [0.29, 0.717) is 4.88 Å². The molecule has 2 N–H and O–H groups in total. The van der Waals surface area contributed by atoms with Gasteiger partial charge in [0.15, 0.2) is 0 Å². The zero-order valence-electron chi connectivity index (χ0n) is 15.0. The van der Waals surface area contributed by atoms with Crippen molar-refractivity contribution in [3.8, 4) is 0 Å². The zero-order valence-corrected chi connectivity index (χ0v) is 17.3. The molecule has 1 aromatic carbocycles. The molecule has 8 nitrogen and oxygen atoms in total. The number of benzene rings is 1. The number of nitro benzene ring substituents is 1. The molecule has 28 heavy (non-hydrogen) atoms. The van der Waals surface area contributed by atoms with Crippen LogP contribution in [0.5, 0.6) is 0 Å². The van der Waals surface area contributed by atoms with Crippen LogP contribution in [-0.2, 0) is 22.9 Å². The number of sulfonamides is 1. The lowest BCUT2D eigenvalue weighted by Crippen LogP contribution is -2.41.